The number of rotatable bonds is 14. The van der Waals surface area contributed by atoms with Gasteiger partial charge < -0.3 is 34.9 Å². The minimum atomic E-state index is -4.95. The number of carbonyl (C=O) groups excluding carboxylic acids is 2. The quantitative estimate of drug-likeness (QED) is 0.0449. The number of ether oxygens (including phenoxy) is 2. The molecule has 0 aliphatic carbocycles. The first-order chi connectivity index (χ1) is 35.2. The van der Waals surface area contributed by atoms with Crippen LogP contribution in [0.1, 0.15) is 45.7 Å². The molecule has 8 aromatic carbocycles. The third-order valence-corrected chi connectivity index (χ3v) is 13.5. The number of aromatic hydroxyl groups is 1. The van der Waals surface area contributed by atoms with Crippen LogP contribution in [0.2, 0.25) is 10.0 Å². The number of anilines is 2. The predicted octanol–water partition coefficient (Wildman–Crippen LogP) is 12.0. The van der Waals surface area contributed by atoms with Gasteiger partial charge in [0.15, 0.2) is 5.75 Å². The zero-order valence-corrected chi connectivity index (χ0v) is 45.5. The van der Waals surface area contributed by atoms with Gasteiger partial charge in [-0.1, -0.05) is 91.3 Å². The molecule has 0 unspecified atom stereocenters. The molecule has 2 amide bonds. The summed E-state index contributed by atoms with van der Waals surface area (Å²) in [5.41, 5.74) is 0.768. The maximum atomic E-state index is 13.4. The van der Waals surface area contributed by atoms with Crippen molar-refractivity contribution in [3.05, 3.63) is 166 Å². The van der Waals surface area contributed by atoms with Crippen molar-refractivity contribution in [3.8, 4) is 23.0 Å². The smallest absolute Gasteiger partial charge is 0.870 e. The maximum Gasteiger partial charge on any atom is 2.00 e. The molecule has 23 heteroatoms. The fourth-order valence-corrected chi connectivity index (χ4v) is 9.41. The van der Waals surface area contributed by atoms with Crippen LogP contribution in [0.25, 0.3) is 21.5 Å². The van der Waals surface area contributed by atoms with Gasteiger partial charge in [-0.25, -0.2) is 8.42 Å². The largest absolute Gasteiger partial charge is 2.00 e. The van der Waals surface area contributed by atoms with Crippen molar-refractivity contribution in [2.45, 2.75) is 36.5 Å². The summed E-state index contributed by atoms with van der Waals surface area (Å²) in [6.07, 6.45) is 0.900. The fraction of sp³-hybridized carbons (Fsp3) is 0.115. The summed E-state index contributed by atoms with van der Waals surface area (Å²) in [4.78, 5) is 24.9. The van der Waals surface area contributed by atoms with Crippen molar-refractivity contribution in [2.75, 3.05) is 24.9 Å². The molecule has 8 rings (SSSR count). The van der Waals surface area contributed by atoms with Gasteiger partial charge in [0.2, 0.25) is 0 Å². The molecule has 0 aromatic heterocycles. The molecular formula is C52H42CaCl2N6O12S2. The molecule has 18 nitrogen and oxygen atoms in total. The Morgan fingerprint density at radius 3 is 1.44 bits per heavy atom. The van der Waals surface area contributed by atoms with Crippen molar-refractivity contribution >= 4 is 149 Å². The summed E-state index contributed by atoms with van der Waals surface area (Å²) in [5, 5.41) is 47.5. The Morgan fingerprint density at radius 1 is 0.587 bits per heavy atom. The van der Waals surface area contributed by atoms with Crippen LogP contribution in [0.15, 0.2) is 164 Å². The summed E-state index contributed by atoms with van der Waals surface area (Å²) in [6.45, 7) is 3.57. The van der Waals surface area contributed by atoms with Crippen molar-refractivity contribution in [3.63, 3.8) is 0 Å². The summed E-state index contributed by atoms with van der Waals surface area (Å²) < 4.78 is 79.6. The second kappa shape index (κ2) is 24.7. The Kier molecular flexibility index (Phi) is 19.0. The van der Waals surface area contributed by atoms with Crippen LogP contribution in [0.3, 0.4) is 0 Å². The van der Waals surface area contributed by atoms with Crippen molar-refractivity contribution in [1.29, 1.82) is 0 Å². The first-order valence-corrected chi connectivity index (χ1v) is 25.6. The van der Waals surface area contributed by atoms with Crippen molar-refractivity contribution in [1.82, 2.24) is 0 Å². The topological polar surface area (TPSA) is 281 Å². The Hall–Kier alpha value is -6.72. The monoisotopic (exact) mass is 1120 g/mol. The van der Waals surface area contributed by atoms with Crippen LogP contribution in [0, 0.1) is 0 Å². The number of aryl methyl sites for hydroxylation is 2. The molecule has 0 aliphatic rings. The Bertz CT molecular complexity index is 3530. The van der Waals surface area contributed by atoms with E-state index in [4.69, 9.17) is 32.7 Å². The number of hydrogen-bond donors (Lipinski definition) is 4. The number of methoxy groups -OCH3 is 2. The zero-order chi connectivity index (χ0) is 53.5. The number of nitrogens with zero attached hydrogens (tertiary/aromatic N) is 4. The van der Waals surface area contributed by atoms with E-state index in [0.29, 0.717) is 68.4 Å². The minimum Gasteiger partial charge on any atom is -0.870 e. The SMILES string of the molecule is CCc1cc(Cl)c(N=Nc2c(O)c(C(=O)Nc3ccc(OC)cc3)cc3ccccc23)c(S(=O)(=O)O)c1.CCc1cc(Cl)c(N=Nc2c([O-])c(C(=O)Nc3ccc(OC)cc3)cc3ccccc23)c(S(=O)(=O)[O-])c1.[Ca+2]. The molecule has 0 atom stereocenters. The van der Waals surface area contributed by atoms with Crippen LogP contribution in [0.4, 0.5) is 34.1 Å². The number of phenolic OH excluding ortho intramolecular Hbond substituents is 1. The van der Waals surface area contributed by atoms with Gasteiger partial charge in [0.25, 0.3) is 21.9 Å². The Morgan fingerprint density at radius 2 is 0.987 bits per heavy atom. The number of phenols is 1. The summed E-state index contributed by atoms with van der Waals surface area (Å²) >= 11 is 12.5. The molecule has 0 spiro atoms. The van der Waals surface area contributed by atoms with E-state index in [1.54, 1.807) is 111 Å². The second-order valence-corrected chi connectivity index (χ2v) is 19.5. The molecule has 0 aliphatic heterocycles. The van der Waals surface area contributed by atoms with E-state index < -0.39 is 53.3 Å². The maximum absolute atomic E-state index is 13.4. The van der Waals surface area contributed by atoms with Gasteiger partial charge in [0.05, 0.1) is 40.4 Å². The number of halogens is 2. The number of carbonyl (C=O) groups is 2. The number of hydrogen-bond acceptors (Lipinski definition) is 15. The number of nitrogens with one attached hydrogen (secondary N) is 2. The second-order valence-electron chi connectivity index (χ2n) is 15.9. The normalized spacial score (nSPS) is 11.5. The molecule has 0 heterocycles. The molecular weight excluding hydrogens is 1080 g/mol. The molecule has 380 valence electrons. The number of benzene rings is 8. The molecule has 8 aromatic rings. The summed E-state index contributed by atoms with van der Waals surface area (Å²) in [7, 11) is -6.58. The Labute approximate surface area is 470 Å². The molecule has 75 heavy (non-hydrogen) atoms. The van der Waals surface area contributed by atoms with Gasteiger partial charge in [-0.2, -0.15) is 13.5 Å². The number of amides is 2. The summed E-state index contributed by atoms with van der Waals surface area (Å²) in [6, 6.07) is 35.1. The molecule has 0 saturated carbocycles. The standard InChI is InChI=1S/2C26H22ClN3O6S.Ca/c2*1-3-15-12-21(27)24(22(13-15)37(33,34)35)30-29-23-19-7-5-4-6-16(19)14-20(25(23)31)26(32)28-17-8-10-18(36-2)11-9-17;/h2*4-14,31H,3H2,1-2H3,(H,28,32)(H,33,34,35);/q;;+2/p-2. The van der Waals surface area contributed by atoms with Crippen molar-refractivity contribution in [2.24, 2.45) is 20.5 Å². The van der Waals surface area contributed by atoms with E-state index in [1.807, 2.05) is 0 Å². The molecule has 4 N–H and O–H groups in total. The van der Waals surface area contributed by atoms with Gasteiger partial charge in [-0.05, 0) is 120 Å². The van der Waals surface area contributed by atoms with E-state index in [9.17, 15) is 45.7 Å². The van der Waals surface area contributed by atoms with Crippen LogP contribution in [-0.4, -0.2) is 94.8 Å². The van der Waals surface area contributed by atoms with E-state index >= 15 is 0 Å². The van der Waals surface area contributed by atoms with E-state index in [1.165, 1.54) is 50.6 Å². The van der Waals surface area contributed by atoms with E-state index in [0.717, 1.165) is 0 Å². The van der Waals surface area contributed by atoms with Crippen LogP contribution < -0.4 is 25.2 Å². The van der Waals surface area contributed by atoms with Gasteiger partial charge in [-0.15, -0.1) is 15.3 Å². The third kappa shape index (κ3) is 13.6. The minimum absolute atomic E-state index is 0. The first-order valence-electron chi connectivity index (χ1n) is 22.0. The molecule has 0 fully saturated rings. The number of azo groups is 2. The fourth-order valence-electron chi connectivity index (χ4n) is 7.36. The van der Waals surface area contributed by atoms with Gasteiger partial charge >= 0.3 is 37.7 Å². The average Bonchev–Trinajstić information content (AvgIpc) is 3.38. The van der Waals surface area contributed by atoms with Crippen LogP contribution in [-0.2, 0) is 33.1 Å². The predicted molar refractivity (Wildman–Crippen MR) is 284 cm³/mol. The first kappa shape index (κ1) is 57.6. The van der Waals surface area contributed by atoms with Gasteiger partial charge in [0, 0.05) is 27.7 Å². The zero-order valence-electron chi connectivity index (χ0n) is 40.2. The third-order valence-electron chi connectivity index (χ3n) is 11.2. The average molecular weight is 1120 g/mol. The van der Waals surface area contributed by atoms with Crippen LogP contribution >= 0.6 is 23.2 Å². The Balaban J connectivity index is 0.000000241. The number of fused-ring (bicyclic) bond motifs is 2. The van der Waals surface area contributed by atoms with Gasteiger partial charge in [-0.3, -0.25) is 14.1 Å². The van der Waals surface area contributed by atoms with E-state index in [-0.39, 0.29) is 81.7 Å². The van der Waals surface area contributed by atoms with E-state index in [2.05, 4.69) is 31.1 Å². The van der Waals surface area contributed by atoms with Crippen LogP contribution in [0.5, 0.6) is 23.0 Å². The van der Waals surface area contributed by atoms with Crippen molar-refractivity contribution < 1.29 is 55.2 Å². The molecule has 0 saturated heterocycles. The molecule has 0 bridgehead atoms. The summed E-state index contributed by atoms with van der Waals surface area (Å²) in [5.74, 6) is -1.27. The molecule has 0 radical (unpaired) electrons. The van der Waals surface area contributed by atoms with Gasteiger partial charge in [0.1, 0.15) is 43.6 Å².